The third kappa shape index (κ3) is 7.70. The Hall–Kier alpha value is -3.12. The Balaban J connectivity index is 1.63. The molecule has 1 aliphatic carbocycles. The maximum atomic E-state index is 13.9. The van der Waals surface area contributed by atoms with Gasteiger partial charge >= 0.3 is 0 Å². The average molecular weight is 578 g/mol. The monoisotopic (exact) mass is 576 g/mol. The molecule has 1 aliphatic rings. The lowest BCUT2D eigenvalue weighted by molar-refractivity contribution is -0.143. The van der Waals surface area contributed by atoms with Crippen molar-refractivity contribution < 1.29 is 14.3 Å². The first kappa shape index (κ1) is 27.9. The van der Waals surface area contributed by atoms with Crippen molar-refractivity contribution in [2.75, 3.05) is 6.61 Å². The molecule has 6 heteroatoms. The molecule has 0 bridgehead atoms. The number of para-hydroxylation sites is 1. The zero-order valence-corrected chi connectivity index (χ0v) is 23.8. The lowest BCUT2D eigenvalue weighted by Gasteiger charge is -2.32. The highest BCUT2D eigenvalue weighted by molar-refractivity contribution is 9.10. The minimum absolute atomic E-state index is 0.105. The summed E-state index contributed by atoms with van der Waals surface area (Å²) in [6.07, 6.45) is 4.65. The molecule has 1 N–H and O–H groups in total. The number of halogens is 1. The Morgan fingerprint density at radius 2 is 1.63 bits per heavy atom. The van der Waals surface area contributed by atoms with Crippen LogP contribution in [0.25, 0.3) is 0 Å². The van der Waals surface area contributed by atoms with Crippen molar-refractivity contribution in [3.05, 3.63) is 100 Å². The fourth-order valence-corrected chi connectivity index (χ4v) is 5.51. The summed E-state index contributed by atoms with van der Waals surface area (Å²) in [6.45, 7) is 4.38. The van der Waals surface area contributed by atoms with Gasteiger partial charge in [-0.15, -0.1) is 0 Å². The van der Waals surface area contributed by atoms with E-state index in [0.717, 1.165) is 46.8 Å². The van der Waals surface area contributed by atoms with Crippen molar-refractivity contribution in [1.29, 1.82) is 0 Å². The molecule has 3 aromatic carbocycles. The molecule has 200 valence electrons. The smallest absolute Gasteiger partial charge is 0.261 e. The number of rotatable bonds is 11. The molecule has 0 aromatic heterocycles. The third-order valence-electron chi connectivity index (χ3n) is 7.11. The Bertz CT molecular complexity index is 1210. The minimum atomic E-state index is -0.659. The van der Waals surface area contributed by atoms with E-state index in [1.807, 2.05) is 78.9 Å². The summed E-state index contributed by atoms with van der Waals surface area (Å²) in [5.41, 5.74) is 3.01. The van der Waals surface area contributed by atoms with Crippen molar-refractivity contribution in [3.63, 3.8) is 0 Å². The van der Waals surface area contributed by atoms with E-state index in [9.17, 15) is 9.59 Å². The number of carbonyl (C=O) groups is 2. The maximum Gasteiger partial charge on any atom is 0.261 e. The van der Waals surface area contributed by atoms with Crippen molar-refractivity contribution in [3.8, 4) is 5.75 Å². The van der Waals surface area contributed by atoms with Crippen molar-refractivity contribution in [2.45, 2.75) is 70.5 Å². The van der Waals surface area contributed by atoms with Gasteiger partial charge in [-0.2, -0.15) is 0 Å². The van der Waals surface area contributed by atoms with Crippen LogP contribution in [0.2, 0.25) is 0 Å². The third-order valence-corrected chi connectivity index (χ3v) is 7.60. The summed E-state index contributed by atoms with van der Waals surface area (Å²) in [4.78, 5) is 29.3. The number of hydrogen-bond donors (Lipinski definition) is 1. The zero-order chi connectivity index (χ0) is 26.9. The molecule has 0 spiro atoms. The molecular weight excluding hydrogens is 540 g/mol. The van der Waals surface area contributed by atoms with Gasteiger partial charge in [0.1, 0.15) is 11.8 Å². The molecule has 0 heterocycles. The lowest BCUT2D eigenvalue weighted by Crippen LogP contribution is -2.53. The average Bonchev–Trinajstić information content (AvgIpc) is 3.43. The molecular formula is C32H37BrN2O3. The van der Waals surface area contributed by atoms with Crippen molar-refractivity contribution in [1.82, 2.24) is 10.2 Å². The van der Waals surface area contributed by atoms with Crippen LogP contribution in [0.4, 0.5) is 0 Å². The molecule has 38 heavy (non-hydrogen) atoms. The van der Waals surface area contributed by atoms with Crippen LogP contribution >= 0.6 is 15.9 Å². The number of ether oxygens (including phenoxy) is 1. The molecule has 4 rings (SSSR count). The first-order valence-corrected chi connectivity index (χ1v) is 14.3. The quantitative estimate of drug-likeness (QED) is 0.278. The molecule has 1 fully saturated rings. The van der Waals surface area contributed by atoms with E-state index in [4.69, 9.17) is 4.74 Å². The van der Waals surface area contributed by atoms with E-state index >= 15 is 0 Å². The molecule has 5 nitrogen and oxygen atoms in total. The highest BCUT2D eigenvalue weighted by Gasteiger charge is 2.32. The second-order valence-corrected chi connectivity index (χ2v) is 11.2. The number of carbonyl (C=O) groups excluding carboxylic acids is 2. The Morgan fingerprint density at radius 1 is 0.947 bits per heavy atom. The lowest BCUT2D eigenvalue weighted by atomic mass is 10.0. The molecule has 0 saturated heterocycles. The van der Waals surface area contributed by atoms with E-state index in [2.05, 4.69) is 35.1 Å². The van der Waals surface area contributed by atoms with E-state index in [0.29, 0.717) is 18.7 Å². The van der Waals surface area contributed by atoms with E-state index in [1.54, 1.807) is 4.90 Å². The zero-order valence-electron chi connectivity index (χ0n) is 22.2. The number of benzene rings is 3. The first-order valence-electron chi connectivity index (χ1n) is 13.5. The molecule has 2 amide bonds. The Kier molecular flexibility index (Phi) is 9.99. The van der Waals surface area contributed by atoms with Gasteiger partial charge in [-0.05, 0) is 53.6 Å². The van der Waals surface area contributed by atoms with Gasteiger partial charge in [0.25, 0.3) is 5.91 Å². The standard InChI is InChI=1S/C32H37BrN2O3/c1-23(2)28-17-8-9-18-30(28)38-22-31(36)35(21-25-13-10-14-26(33)19-25)29(20-24-11-4-3-5-12-24)32(37)34-27-15-6-7-16-27/h3-5,8-14,17-19,23,27,29H,6-7,15-16,20-22H2,1-2H3,(H,34,37)/t29-/m1/s1. The fourth-order valence-electron chi connectivity index (χ4n) is 5.06. The summed E-state index contributed by atoms with van der Waals surface area (Å²) in [7, 11) is 0. The van der Waals surface area contributed by atoms with Gasteiger partial charge in [0.2, 0.25) is 5.91 Å². The second-order valence-electron chi connectivity index (χ2n) is 10.3. The number of amides is 2. The molecule has 1 saturated carbocycles. The molecule has 3 aromatic rings. The van der Waals surface area contributed by atoms with Crippen molar-refractivity contribution in [2.24, 2.45) is 0 Å². The van der Waals surface area contributed by atoms with Crippen LogP contribution in [-0.2, 0) is 22.6 Å². The van der Waals surface area contributed by atoms with Gasteiger partial charge in [0.05, 0.1) is 0 Å². The van der Waals surface area contributed by atoms with E-state index < -0.39 is 6.04 Å². The largest absolute Gasteiger partial charge is 0.483 e. The van der Waals surface area contributed by atoms with Gasteiger partial charge in [-0.25, -0.2) is 0 Å². The summed E-state index contributed by atoms with van der Waals surface area (Å²) in [6, 6.07) is 25.1. The molecule has 0 unspecified atom stereocenters. The van der Waals surface area contributed by atoms with E-state index in [1.165, 1.54) is 0 Å². The summed E-state index contributed by atoms with van der Waals surface area (Å²) in [5.74, 6) is 0.646. The molecule has 1 atom stereocenters. The Morgan fingerprint density at radius 3 is 2.34 bits per heavy atom. The van der Waals surface area contributed by atoms with Gasteiger partial charge < -0.3 is 15.0 Å². The summed E-state index contributed by atoms with van der Waals surface area (Å²) < 4.78 is 7.01. The van der Waals surface area contributed by atoms with Crippen LogP contribution in [0.1, 0.15) is 62.1 Å². The van der Waals surface area contributed by atoms with Gasteiger partial charge in [-0.1, -0.05) is 103 Å². The number of nitrogens with zero attached hydrogens (tertiary/aromatic N) is 1. The SMILES string of the molecule is CC(C)c1ccccc1OCC(=O)N(Cc1cccc(Br)c1)[C@H](Cc1ccccc1)C(=O)NC1CCCC1. The van der Waals surface area contributed by atoms with Crippen LogP contribution < -0.4 is 10.1 Å². The predicted octanol–water partition coefficient (Wildman–Crippen LogP) is 6.65. The maximum absolute atomic E-state index is 13.9. The van der Waals surface area contributed by atoms with Gasteiger partial charge in [0, 0.05) is 23.5 Å². The van der Waals surface area contributed by atoms with Crippen LogP contribution in [0.3, 0.4) is 0 Å². The van der Waals surface area contributed by atoms with Crippen LogP contribution in [-0.4, -0.2) is 35.4 Å². The second kappa shape index (κ2) is 13.6. The summed E-state index contributed by atoms with van der Waals surface area (Å²) in [5, 5.41) is 3.25. The van der Waals surface area contributed by atoms with Crippen molar-refractivity contribution >= 4 is 27.7 Å². The van der Waals surface area contributed by atoms with Gasteiger partial charge in [0.15, 0.2) is 6.61 Å². The highest BCUT2D eigenvalue weighted by Crippen LogP contribution is 2.26. The molecule has 0 radical (unpaired) electrons. The first-order chi connectivity index (χ1) is 18.4. The number of hydrogen-bond acceptors (Lipinski definition) is 3. The topological polar surface area (TPSA) is 58.6 Å². The fraction of sp³-hybridized carbons (Fsp3) is 0.375. The van der Waals surface area contributed by atoms with E-state index in [-0.39, 0.29) is 30.4 Å². The van der Waals surface area contributed by atoms with Crippen LogP contribution in [0.5, 0.6) is 5.75 Å². The normalized spacial score (nSPS) is 14.3. The van der Waals surface area contributed by atoms with Gasteiger partial charge in [-0.3, -0.25) is 9.59 Å². The predicted molar refractivity (Wildman–Crippen MR) is 155 cm³/mol. The highest BCUT2D eigenvalue weighted by atomic mass is 79.9. The summed E-state index contributed by atoms with van der Waals surface area (Å²) >= 11 is 3.54. The Labute approximate surface area is 234 Å². The molecule has 0 aliphatic heterocycles. The minimum Gasteiger partial charge on any atom is -0.483 e. The van der Waals surface area contributed by atoms with Crippen LogP contribution in [0.15, 0.2) is 83.3 Å². The van der Waals surface area contributed by atoms with Crippen LogP contribution in [0, 0.1) is 0 Å². The number of nitrogens with one attached hydrogen (secondary N) is 1.